The van der Waals surface area contributed by atoms with E-state index in [0.29, 0.717) is 6.61 Å². The first kappa shape index (κ1) is 29.6. The summed E-state index contributed by atoms with van der Waals surface area (Å²) in [6.07, 6.45) is 13.1. The lowest BCUT2D eigenvalue weighted by molar-refractivity contribution is -0.137. The summed E-state index contributed by atoms with van der Waals surface area (Å²) in [5.74, 6) is 0.587. The molecule has 0 aliphatic heterocycles. The number of carbonyl (C=O) groups excluding carboxylic acids is 1. The molecule has 3 aromatic rings. The van der Waals surface area contributed by atoms with Gasteiger partial charge in [-0.05, 0) is 55.8 Å². The van der Waals surface area contributed by atoms with Gasteiger partial charge in [-0.3, -0.25) is 0 Å². The van der Waals surface area contributed by atoms with Crippen LogP contribution in [0, 0.1) is 4.64 Å². The van der Waals surface area contributed by atoms with E-state index >= 15 is 0 Å². The molecule has 0 bridgehead atoms. The number of ether oxygens (including phenoxy) is 2. The van der Waals surface area contributed by atoms with Crippen molar-refractivity contribution in [3.63, 3.8) is 0 Å². The number of hydrogen-bond donors (Lipinski definition) is 0. The second-order valence-corrected chi connectivity index (χ2v) is 10.6. The van der Waals surface area contributed by atoms with Gasteiger partial charge in [0.2, 0.25) is 0 Å². The van der Waals surface area contributed by atoms with E-state index in [9.17, 15) is 4.79 Å². The molecule has 0 aliphatic carbocycles. The molecule has 0 amide bonds. The van der Waals surface area contributed by atoms with E-state index in [-0.39, 0.29) is 12.0 Å². The van der Waals surface area contributed by atoms with Gasteiger partial charge in [0, 0.05) is 23.7 Å². The molecule has 0 saturated heterocycles. The molecule has 1 heterocycles. The van der Waals surface area contributed by atoms with E-state index in [4.69, 9.17) is 21.7 Å². The van der Waals surface area contributed by atoms with E-state index in [1.54, 1.807) is 0 Å². The van der Waals surface area contributed by atoms with Crippen molar-refractivity contribution in [2.45, 2.75) is 84.1 Å². The predicted octanol–water partition coefficient (Wildman–Crippen LogP) is 9.63. The van der Waals surface area contributed by atoms with Crippen LogP contribution < -0.4 is 4.74 Å². The first-order valence-electron chi connectivity index (χ1n) is 14.2. The molecule has 0 saturated carbocycles. The Kier molecular flexibility index (Phi) is 12.6. The fourth-order valence-corrected chi connectivity index (χ4v) is 5.26. The highest BCUT2D eigenvalue weighted by Gasteiger charge is 2.12. The Labute approximate surface area is 233 Å². The molecule has 0 N–H and O–H groups in total. The number of nitrogens with zero attached hydrogens (tertiary/aromatic N) is 1. The summed E-state index contributed by atoms with van der Waals surface area (Å²) in [7, 11) is 0. The molecule has 5 heteroatoms. The number of esters is 1. The Morgan fingerprint density at radius 3 is 2.08 bits per heavy atom. The van der Waals surface area contributed by atoms with Crippen molar-refractivity contribution >= 4 is 29.1 Å². The Bertz CT molecular complexity index is 1220. The molecule has 3 rings (SSSR count). The van der Waals surface area contributed by atoms with E-state index in [0.717, 1.165) is 52.9 Å². The summed E-state index contributed by atoms with van der Waals surface area (Å²) in [6, 6.07) is 19.2. The van der Waals surface area contributed by atoms with Gasteiger partial charge in [0.15, 0.2) is 0 Å². The molecule has 0 unspecified atom stereocenters. The van der Waals surface area contributed by atoms with Crippen molar-refractivity contribution in [3.05, 3.63) is 71.9 Å². The third-order valence-electron chi connectivity index (χ3n) is 6.83. The molecule has 0 atom stereocenters. The maximum absolute atomic E-state index is 11.0. The van der Waals surface area contributed by atoms with Crippen LogP contribution in [0.5, 0.6) is 5.75 Å². The number of carbonyl (C=O) groups is 1. The number of aromatic nitrogens is 1. The number of rotatable bonds is 17. The van der Waals surface area contributed by atoms with Gasteiger partial charge < -0.3 is 14.0 Å². The summed E-state index contributed by atoms with van der Waals surface area (Å²) in [6.45, 7) is 9.01. The number of unbranched alkanes of at least 4 members (excludes halogenated alkanes) is 9. The van der Waals surface area contributed by atoms with Crippen LogP contribution in [0.1, 0.15) is 84.1 Å². The van der Waals surface area contributed by atoms with Crippen molar-refractivity contribution < 1.29 is 14.3 Å². The number of benzene rings is 2. The minimum Gasteiger partial charge on any atom is -0.494 e. The van der Waals surface area contributed by atoms with Gasteiger partial charge in [-0.1, -0.05) is 100 Å². The van der Waals surface area contributed by atoms with Crippen molar-refractivity contribution in [1.29, 1.82) is 0 Å². The molecular weight excluding hydrogens is 490 g/mol. The molecule has 38 heavy (non-hydrogen) atoms. The average Bonchev–Trinajstić information content (AvgIpc) is 2.92. The van der Waals surface area contributed by atoms with Crippen molar-refractivity contribution in [2.75, 3.05) is 13.2 Å². The number of hydrogen-bond acceptors (Lipinski definition) is 4. The standard InChI is InChI=1S/C33H43NO3S/c1-4-32(35)37-23-17-12-10-8-6-5-7-9-11-16-22-36-29-21-20-28-24-30(27-18-14-13-15-19-27)33(38)34(26(2)3)31(28)25-29/h4,13-15,18-21,24-26H,1,5-12,16-17,22-23H2,2-3H3. The Balaban J connectivity index is 1.38. The molecule has 1 aromatic heterocycles. The van der Waals surface area contributed by atoms with Gasteiger partial charge in [-0.2, -0.15) is 0 Å². The fraction of sp³-hybridized carbons (Fsp3) is 0.455. The SMILES string of the molecule is C=CC(=O)OCCCCCCCCCCCCOc1ccc2cc(-c3ccccc3)c(=S)n(C(C)C)c2c1. The second kappa shape index (κ2) is 16.1. The normalized spacial score (nSPS) is 11.1. The maximum Gasteiger partial charge on any atom is 0.330 e. The quantitative estimate of drug-likeness (QED) is 0.0749. The summed E-state index contributed by atoms with van der Waals surface area (Å²) >= 11 is 5.93. The maximum atomic E-state index is 11.0. The van der Waals surface area contributed by atoms with Crippen LogP contribution in [0.3, 0.4) is 0 Å². The smallest absolute Gasteiger partial charge is 0.330 e. The minimum absolute atomic E-state index is 0.256. The van der Waals surface area contributed by atoms with Crippen molar-refractivity contribution in [3.8, 4) is 16.9 Å². The Morgan fingerprint density at radius 2 is 1.47 bits per heavy atom. The van der Waals surface area contributed by atoms with Crippen LogP contribution in [0.25, 0.3) is 22.0 Å². The molecule has 0 spiro atoms. The fourth-order valence-electron chi connectivity index (χ4n) is 4.78. The van der Waals surface area contributed by atoms with Gasteiger partial charge in [-0.25, -0.2) is 4.79 Å². The largest absolute Gasteiger partial charge is 0.494 e. The zero-order valence-electron chi connectivity index (χ0n) is 23.1. The lowest BCUT2D eigenvalue weighted by Crippen LogP contribution is -2.06. The Morgan fingerprint density at radius 1 is 0.868 bits per heavy atom. The third kappa shape index (κ3) is 9.13. The summed E-state index contributed by atoms with van der Waals surface area (Å²) in [5.41, 5.74) is 3.37. The van der Waals surface area contributed by atoms with Crippen LogP contribution >= 0.6 is 12.2 Å². The van der Waals surface area contributed by atoms with Crippen LogP contribution in [0.2, 0.25) is 0 Å². The van der Waals surface area contributed by atoms with Crippen LogP contribution in [0.15, 0.2) is 67.3 Å². The lowest BCUT2D eigenvalue weighted by atomic mass is 10.0. The van der Waals surface area contributed by atoms with Crippen LogP contribution in [-0.2, 0) is 9.53 Å². The van der Waals surface area contributed by atoms with E-state index in [1.165, 1.54) is 56.4 Å². The molecule has 4 nitrogen and oxygen atoms in total. The third-order valence-corrected chi connectivity index (χ3v) is 7.25. The van der Waals surface area contributed by atoms with Gasteiger partial charge >= 0.3 is 5.97 Å². The summed E-state index contributed by atoms with van der Waals surface area (Å²) in [4.78, 5) is 11.0. The van der Waals surface area contributed by atoms with E-state index in [2.05, 4.69) is 73.5 Å². The van der Waals surface area contributed by atoms with Gasteiger partial charge in [0.1, 0.15) is 10.4 Å². The summed E-state index contributed by atoms with van der Waals surface area (Å²) < 4.78 is 14.2. The second-order valence-electron chi connectivity index (χ2n) is 10.2. The Hall–Kier alpha value is -2.92. The highest BCUT2D eigenvalue weighted by atomic mass is 32.1. The topological polar surface area (TPSA) is 40.5 Å². The summed E-state index contributed by atoms with van der Waals surface area (Å²) in [5, 5.41) is 1.18. The van der Waals surface area contributed by atoms with Crippen LogP contribution in [0.4, 0.5) is 0 Å². The lowest BCUT2D eigenvalue weighted by Gasteiger charge is -2.19. The predicted molar refractivity (Wildman–Crippen MR) is 161 cm³/mol. The monoisotopic (exact) mass is 533 g/mol. The average molecular weight is 534 g/mol. The van der Waals surface area contributed by atoms with Crippen molar-refractivity contribution in [1.82, 2.24) is 4.57 Å². The molecule has 204 valence electrons. The van der Waals surface area contributed by atoms with E-state index in [1.807, 2.05) is 6.07 Å². The molecular formula is C33H43NO3S. The van der Waals surface area contributed by atoms with E-state index < -0.39 is 0 Å². The molecule has 2 aromatic carbocycles. The zero-order chi connectivity index (χ0) is 27.2. The highest BCUT2D eigenvalue weighted by Crippen LogP contribution is 2.31. The zero-order valence-corrected chi connectivity index (χ0v) is 23.9. The van der Waals surface area contributed by atoms with Gasteiger partial charge in [-0.15, -0.1) is 0 Å². The molecule has 0 aliphatic rings. The van der Waals surface area contributed by atoms with Gasteiger partial charge in [0.25, 0.3) is 0 Å². The molecule has 0 fully saturated rings. The highest BCUT2D eigenvalue weighted by molar-refractivity contribution is 7.71. The van der Waals surface area contributed by atoms with Crippen LogP contribution in [-0.4, -0.2) is 23.8 Å². The minimum atomic E-state index is -0.324. The number of pyridine rings is 1. The number of fused-ring (bicyclic) bond motifs is 1. The molecule has 0 radical (unpaired) electrons. The van der Waals surface area contributed by atoms with Gasteiger partial charge in [0.05, 0.1) is 18.7 Å². The first-order chi connectivity index (χ1) is 18.5. The van der Waals surface area contributed by atoms with Crippen molar-refractivity contribution in [2.24, 2.45) is 0 Å². The first-order valence-corrected chi connectivity index (χ1v) is 14.6.